The van der Waals surface area contributed by atoms with E-state index in [2.05, 4.69) is 15.5 Å². The number of pyridine rings is 1. The summed E-state index contributed by atoms with van der Waals surface area (Å²) in [5.74, 6) is -1.52. The van der Waals surface area contributed by atoms with Gasteiger partial charge in [-0.2, -0.15) is 0 Å². The molecule has 0 bridgehead atoms. The highest BCUT2D eigenvalue weighted by molar-refractivity contribution is 6.07. The Hall–Kier alpha value is -2.44. The average molecular weight is 291 g/mol. The number of aromatic nitrogens is 2. The highest BCUT2D eigenvalue weighted by Crippen LogP contribution is 2.27. The van der Waals surface area contributed by atoms with Gasteiger partial charge in [-0.25, -0.2) is 4.98 Å². The van der Waals surface area contributed by atoms with Crippen molar-refractivity contribution in [1.82, 2.24) is 15.5 Å². The average Bonchev–Trinajstić information content (AvgIpc) is 2.80. The molecule has 0 radical (unpaired) electrons. The maximum absolute atomic E-state index is 12.3. The number of carbonyl (C=O) groups is 2. The number of hydrogen-bond acceptors (Lipinski definition) is 5. The number of aliphatic carboxylic acids is 1. The highest BCUT2D eigenvalue weighted by Gasteiger charge is 2.23. The van der Waals surface area contributed by atoms with Crippen LogP contribution < -0.4 is 5.32 Å². The Morgan fingerprint density at radius 3 is 2.57 bits per heavy atom. The van der Waals surface area contributed by atoms with Crippen molar-refractivity contribution in [3.63, 3.8) is 0 Å². The minimum Gasteiger partial charge on any atom is -0.480 e. The molecule has 0 saturated carbocycles. The van der Waals surface area contributed by atoms with Crippen LogP contribution in [-0.2, 0) is 4.79 Å². The molecular weight excluding hydrogens is 274 g/mol. The van der Waals surface area contributed by atoms with Crippen LogP contribution in [0.15, 0.2) is 10.6 Å². The van der Waals surface area contributed by atoms with Gasteiger partial charge in [-0.1, -0.05) is 19.0 Å². The fourth-order valence-electron chi connectivity index (χ4n) is 2.01. The van der Waals surface area contributed by atoms with Crippen molar-refractivity contribution in [3.8, 4) is 0 Å². The van der Waals surface area contributed by atoms with Gasteiger partial charge in [-0.05, 0) is 25.8 Å². The van der Waals surface area contributed by atoms with E-state index in [0.717, 1.165) is 0 Å². The number of hydrogen-bond donors (Lipinski definition) is 2. The topological polar surface area (TPSA) is 105 Å². The summed E-state index contributed by atoms with van der Waals surface area (Å²) < 4.78 is 5.18. The van der Waals surface area contributed by atoms with Crippen LogP contribution in [0.2, 0.25) is 0 Å². The Balaban J connectivity index is 2.53. The number of carboxylic acid groups (broad SMARTS) is 1. The van der Waals surface area contributed by atoms with E-state index in [4.69, 9.17) is 9.63 Å². The van der Waals surface area contributed by atoms with E-state index in [0.29, 0.717) is 22.3 Å². The molecule has 2 N–H and O–H groups in total. The quantitative estimate of drug-likeness (QED) is 0.890. The van der Waals surface area contributed by atoms with Gasteiger partial charge < -0.3 is 14.9 Å². The minimum absolute atomic E-state index is 0.0548. The van der Waals surface area contributed by atoms with E-state index >= 15 is 0 Å². The van der Waals surface area contributed by atoms with Crippen molar-refractivity contribution in [2.75, 3.05) is 0 Å². The number of nitrogens with zero attached hydrogens (tertiary/aromatic N) is 2. The smallest absolute Gasteiger partial charge is 0.325 e. The molecule has 2 rings (SSSR count). The number of carbonyl (C=O) groups excluding carboxylic acids is 1. The molecule has 2 heterocycles. The predicted octanol–water partition coefficient (Wildman–Crippen LogP) is 1.86. The van der Waals surface area contributed by atoms with Gasteiger partial charge in [0, 0.05) is 5.69 Å². The standard InChI is InChI=1S/C14H17N3O4/c1-6(2)11-10-9(12(18)16-8(4)14(19)20)5-7(3)15-13(10)21-17-11/h5-6,8H,1-4H3,(H,16,18)(H,19,20). The Kier molecular flexibility index (Phi) is 3.93. The first kappa shape index (κ1) is 15.0. The van der Waals surface area contributed by atoms with Crippen molar-refractivity contribution in [2.45, 2.75) is 39.7 Å². The molecule has 7 nitrogen and oxygen atoms in total. The lowest BCUT2D eigenvalue weighted by atomic mass is 10.0. The third-order valence-corrected chi connectivity index (χ3v) is 3.11. The monoisotopic (exact) mass is 291 g/mol. The van der Waals surface area contributed by atoms with Crippen molar-refractivity contribution in [3.05, 3.63) is 23.0 Å². The highest BCUT2D eigenvalue weighted by atomic mass is 16.5. The Morgan fingerprint density at radius 1 is 1.33 bits per heavy atom. The molecule has 2 aromatic heterocycles. The summed E-state index contributed by atoms with van der Waals surface area (Å²) in [6, 6.07) is 0.623. The lowest BCUT2D eigenvalue weighted by Gasteiger charge is -2.11. The van der Waals surface area contributed by atoms with Crippen molar-refractivity contribution >= 4 is 23.0 Å². The largest absolute Gasteiger partial charge is 0.480 e. The molecule has 0 fully saturated rings. The summed E-state index contributed by atoms with van der Waals surface area (Å²) in [7, 11) is 0. The summed E-state index contributed by atoms with van der Waals surface area (Å²) in [5.41, 5.74) is 1.84. The van der Waals surface area contributed by atoms with Crippen LogP contribution in [0.3, 0.4) is 0 Å². The second-order valence-corrected chi connectivity index (χ2v) is 5.25. The Morgan fingerprint density at radius 2 is 2.00 bits per heavy atom. The molecule has 1 atom stereocenters. The van der Waals surface area contributed by atoms with Crippen LogP contribution in [-0.4, -0.2) is 33.2 Å². The third-order valence-electron chi connectivity index (χ3n) is 3.11. The van der Waals surface area contributed by atoms with Gasteiger partial charge in [0.1, 0.15) is 6.04 Å². The molecule has 0 aliphatic heterocycles. The molecule has 0 spiro atoms. The Bertz CT molecular complexity index is 706. The first-order chi connectivity index (χ1) is 9.81. The maximum atomic E-state index is 12.3. The zero-order chi connectivity index (χ0) is 15.7. The number of carboxylic acids is 1. The van der Waals surface area contributed by atoms with Crippen LogP contribution in [0.1, 0.15) is 48.4 Å². The van der Waals surface area contributed by atoms with Gasteiger partial charge in [0.05, 0.1) is 16.6 Å². The molecule has 21 heavy (non-hydrogen) atoms. The second kappa shape index (κ2) is 5.51. The van der Waals surface area contributed by atoms with Gasteiger partial charge >= 0.3 is 5.97 Å². The zero-order valence-corrected chi connectivity index (χ0v) is 12.3. The van der Waals surface area contributed by atoms with Crippen LogP contribution in [0.5, 0.6) is 0 Å². The second-order valence-electron chi connectivity index (χ2n) is 5.25. The summed E-state index contributed by atoms with van der Waals surface area (Å²) in [6.45, 7) is 6.99. The molecule has 1 unspecified atom stereocenters. The SMILES string of the molecule is Cc1cc(C(=O)NC(C)C(=O)O)c2c(C(C)C)noc2n1. The van der Waals surface area contributed by atoms with E-state index in [9.17, 15) is 9.59 Å². The van der Waals surface area contributed by atoms with E-state index in [1.165, 1.54) is 6.92 Å². The summed E-state index contributed by atoms with van der Waals surface area (Å²) in [4.78, 5) is 27.4. The fourth-order valence-corrected chi connectivity index (χ4v) is 2.01. The summed E-state index contributed by atoms with van der Waals surface area (Å²) in [6.07, 6.45) is 0. The minimum atomic E-state index is -1.10. The van der Waals surface area contributed by atoms with Crippen LogP contribution in [0, 0.1) is 6.92 Å². The molecule has 0 saturated heterocycles. The van der Waals surface area contributed by atoms with Crippen molar-refractivity contribution < 1.29 is 19.2 Å². The van der Waals surface area contributed by atoms with E-state index < -0.39 is 17.9 Å². The molecule has 1 amide bonds. The molecular formula is C14H17N3O4. The van der Waals surface area contributed by atoms with Crippen LogP contribution in [0.4, 0.5) is 0 Å². The van der Waals surface area contributed by atoms with Gasteiger partial charge in [0.15, 0.2) is 0 Å². The molecule has 0 aliphatic carbocycles. The summed E-state index contributed by atoms with van der Waals surface area (Å²) in [5, 5.41) is 15.8. The third kappa shape index (κ3) is 2.86. The van der Waals surface area contributed by atoms with Crippen LogP contribution >= 0.6 is 0 Å². The molecule has 0 aromatic carbocycles. The Labute approximate surface area is 121 Å². The molecule has 2 aromatic rings. The number of amides is 1. The van der Waals surface area contributed by atoms with Crippen LogP contribution in [0.25, 0.3) is 11.1 Å². The first-order valence-corrected chi connectivity index (χ1v) is 6.61. The van der Waals surface area contributed by atoms with Gasteiger partial charge in [0.25, 0.3) is 11.6 Å². The van der Waals surface area contributed by atoms with E-state index in [-0.39, 0.29) is 11.6 Å². The lowest BCUT2D eigenvalue weighted by Crippen LogP contribution is -2.38. The predicted molar refractivity (Wildman–Crippen MR) is 75.2 cm³/mol. The first-order valence-electron chi connectivity index (χ1n) is 6.61. The zero-order valence-electron chi connectivity index (χ0n) is 12.3. The number of rotatable bonds is 4. The number of nitrogens with one attached hydrogen (secondary N) is 1. The van der Waals surface area contributed by atoms with Gasteiger partial charge in [0.2, 0.25) is 0 Å². The number of aryl methyl sites for hydroxylation is 1. The lowest BCUT2D eigenvalue weighted by molar-refractivity contribution is -0.138. The summed E-state index contributed by atoms with van der Waals surface area (Å²) >= 11 is 0. The van der Waals surface area contributed by atoms with Crippen molar-refractivity contribution in [1.29, 1.82) is 0 Å². The molecule has 112 valence electrons. The fraction of sp³-hybridized carbons (Fsp3) is 0.429. The van der Waals surface area contributed by atoms with Crippen molar-refractivity contribution in [2.24, 2.45) is 0 Å². The molecule has 0 aliphatic rings. The molecule has 7 heteroatoms. The number of fused-ring (bicyclic) bond motifs is 1. The van der Waals surface area contributed by atoms with E-state index in [1.54, 1.807) is 13.0 Å². The van der Waals surface area contributed by atoms with Gasteiger partial charge in [-0.3, -0.25) is 9.59 Å². The van der Waals surface area contributed by atoms with Gasteiger partial charge in [-0.15, -0.1) is 0 Å². The van der Waals surface area contributed by atoms with E-state index in [1.807, 2.05) is 13.8 Å². The maximum Gasteiger partial charge on any atom is 0.325 e. The normalized spacial score (nSPS) is 12.6.